The van der Waals surface area contributed by atoms with Gasteiger partial charge in [0.25, 0.3) is 0 Å². The SMILES string of the molecule is O=C(CCCCC(=O)OCC1CCC2OC2C1)OCC1CCC2OC2C1.O=C(OCC1CCC2OC2C1)C1CCC2OC2C1. The Hall–Kier alpha value is -1.75. The second-order valence-electron chi connectivity index (χ2n) is 14.6. The Morgan fingerprint density at radius 3 is 1.25 bits per heavy atom. The first kappa shape index (κ1) is 30.9. The van der Waals surface area contributed by atoms with Crippen LogP contribution >= 0.6 is 0 Å². The van der Waals surface area contributed by atoms with Crippen molar-refractivity contribution in [3.63, 3.8) is 0 Å². The van der Waals surface area contributed by atoms with Crippen molar-refractivity contribution in [2.75, 3.05) is 19.8 Å². The van der Waals surface area contributed by atoms with Crippen molar-refractivity contribution in [1.82, 2.24) is 0 Å². The number of fused-ring (bicyclic) bond motifs is 4. The van der Waals surface area contributed by atoms with Crippen molar-refractivity contribution < 1.29 is 47.5 Å². The van der Waals surface area contributed by atoms with E-state index in [1.807, 2.05) is 0 Å². The maximum Gasteiger partial charge on any atom is 0.309 e. The van der Waals surface area contributed by atoms with Crippen LogP contribution in [-0.2, 0) is 47.5 Å². The smallest absolute Gasteiger partial charge is 0.309 e. The molecule has 10 heteroatoms. The summed E-state index contributed by atoms with van der Waals surface area (Å²) in [7, 11) is 0. The Kier molecular flexibility index (Phi) is 9.78. The summed E-state index contributed by atoms with van der Waals surface area (Å²) in [5, 5.41) is 0. The number of carbonyl (C=O) groups is 3. The van der Waals surface area contributed by atoms with Gasteiger partial charge in [0.05, 0.1) is 74.6 Å². The summed E-state index contributed by atoms with van der Waals surface area (Å²) in [5.74, 6) is 1.20. The van der Waals surface area contributed by atoms with Crippen molar-refractivity contribution >= 4 is 17.9 Å². The number of epoxide rings is 4. The number of esters is 3. The number of hydrogen-bond donors (Lipinski definition) is 0. The van der Waals surface area contributed by atoms with E-state index in [0.29, 0.717) is 112 Å². The van der Waals surface area contributed by atoms with Crippen molar-refractivity contribution in [3.05, 3.63) is 0 Å². The van der Waals surface area contributed by atoms with E-state index in [9.17, 15) is 14.4 Å². The third-order valence-electron chi connectivity index (χ3n) is 11.1. The van der Waals surface area contributed by atoms with Crippen LogP contribution in [0.3, 0.4) is 0 Å². The fourth-order valence-electron chi connectivity index (χ4n) is 7.96. The van der Waals surface area contributed by atoms with E-state index >= 15 is 0 Å². The minimum atomic E-state index is -0.154. The first-order valence-electron chi connectivity index (χ1n) is 17.6. The molecule has 44 heavy (non-hydrogen) atoms. The molecule has 4 aliphatic carbocycles. The number of rotatable bonds is 12. The highest BCUT2D eigenvalue weighted by Crippen LogP contribution is 2.42. The molecule has 0 radical (unpaired) electrons. The van der Waals surface area contributed by atoms with Gasteiger partial charge in [-0.3, -0.25) is 14.4 Å². The lowest BCUT2D eigenvalue weighted by Gasteiger charge is -2.21. The molecule has 12 atom stereocenters. The summed E-state index contributed by atoms with van der Waals surface area (Å²) in [6.45, 7) is 1.62. The van der Waals surface area contributed by atoms with Gasteiger partial charge in [-0.15, -0.1) is 0 Å². The Balaban J connectivity index is 0.000000151. The molecule has 0 spiro atoms. The molecule has 0 N–H and O–H groups in total. The van der Waals surface area contributed by atoms with Gasteiger partial charge in [0.15, 0.2) is 0 Å². The predicted octanol–water partition coefficient (Wildman–Crippen LogP) is 4.43. The molecule has 4 saturated heterocycles. The van der Waals surface area contributed by atoms with Gasteiger partial charge in [-0.2, -0.15) is 0 Å². The largest absolute Gasteiger partial charge is 0.465 e. The molecular formula is C34H50O10. The highest BCUT2D eigenvalue weighted by molar-refractivity contribution is 5.72. The van der Waals surface area contributed by atoms with Gasteiger partial charge in [0.1, 0.15) is 0 Å². The normalized spacial score (nSPS) is 42.0. The molecule has 246 valence electrons. The van der Waals surface area contributed by atoms with Gasteiger partial charge in [-0.25, -0.2) is 0 Å². The lowest BCUT2D eigenvalue weighted by Crippen LogP contribution is -2.27. The molecule has 12 unspecified atom stereocenters. The van der Waals surface area contributed by atoms with Gasteiger partial charge in [-0.1, -0.05) is 0 Å². The summed E-state index contributed by atoms with van der Waals surface area (Å²) in [6.07, 6.45) is 18.4. The van der Waals surface area contributed by atoms with Crippen LogP contribution in [0.4, 0.5) is 0 Å². The van der Waals surface area contributed by atoms with E-state index in [1.54, 1.807) is 0 Å². The summed E-state index contributed by atoms with van der Waals surface area (Å²) in [5.41, 5.74) is 0. The van der Waals surface area contributed by atoms with Gasteiger partial charge in [0.2, 0.25) is 0 Å². The minimum Gasteiger partial charge on any atom is -0.465 e. The van der Waals surface area contributed by atoms with Crippen molar-refractivity contribution in [2.24, 2.45) is 23.7 Å². The molecule has 8 aliphatic rings. The fraction of sp³-hybridized carbons (Fsp3) is 0.912. The van der Waals surface area contributed by atoms with Gasteiger partial charge in [-0.05, 0) is 108 Å². The molecule has 0 bridgehead atoms. The third kappa shape index (κ3) is 8.74. The van der Waals surface area contributed by atoms with E-state index < -0.39 is 0 Å². The number of carbonyl (C=O) groups excluding carboxylic acids is 3. The number of ether oxygens (including phenoxy) is 7. The molecule has 4 aliphatic heterocycles. The summed E-state index contributed by atoms with van der Waals surface area (Å²) in [4.78, 5) is 35.6. The number of hydrogen-bond acceptors (Lipinski definition) is 10. The van der Waals surface area contributed by atoms with Crippen LogP contribution in [0, 0.1) is 23.7 Å². The van der Waals surface area contributed by atoms with Gasteiger partial charge in [0, 0.05) is 12.8 Å². The van der Waals surface area contributed by atoms with Crippen molar-refractivity contribution in [3.8, 4) is 0 Å². The van der Waals surface area contributed by atoms with E-state index in [1.165, 1.54) is 0 Å². The predicted molar refractivity (Wildman–Crippen MR) is 155 cm³/mol. The molecule has 4 heterocycles. The lowest BCUT2D eigenvalue weighted by molar-refractivity contribution is -0.151. The van der Waals surface area contributed by atoms with Crippen LogP contribution < -0.4 is 0 Å². The van der Waals surface area contributed by atoms with Crippen LogP contribution in [0.2, 0.25) is 0 Å². The molecule has 0 aromatic heterocycles. The molecule has 10 nitrogen and oxygen atoms in total. The highest BCUT2D eigenvalue weighted by Gasteiger charge is 2.47. The van der Waals surface area contributed by atoms with E-state index in [2.05, 4.69) is 0 Å². The lowest BCUT2D eigenvalue weighted by atomic mass is 9.89. The van der Waals surface area contributed by atoms with Gasteiger partial charge >= 0.3 is 17.9 Å². The molecule has 0 aromatic carbocycles. The maximum absolute atomic E-state index is 12.0. The first-order valence-corrected chi connectivity index (χ1v) is 17.6. The van der Waals surface area contributed by atoms with E-state index in [4.69, 9.17) is 33.2 Å². The Labute approximate surface area is 260 Å². The van der Waals surface area contributed by atoms with Crippen LogP contribution in [0.25, 0.3) is 0 Å². The Bertz CT molecular complexity index is 988. The summed E-state index contributed by atoms with van der Waals surface area (Å²) >= 11 is 0. The van der Waals surface area contributed by atoms with E-state index in [0.717, 1.165) is 77.0 Å². The van der Waals surface area contributed by atoms with Crippen LogP contribution in [0.15, 0.2) is 0 Å². The second-order valence-corrected chi connectivity index (χ2v) is 14.6. The van der Waals surface area contributed by atoms with Gasteiger partial charge < -0.3 is 33.2 Å². The average Bonchev–Trinajstić information content (AvgIpc) is 3.87. The molecule has 8 rings (SSSR count). The van der Waals surface area contributed by atoms with E-state index in [-0.39, 0.29) is 23.8 Å². The zero-order valence-electron chi connectivity index (χ0n) is 25.9. The Morgan fingerprint density at radius 2 is 0.841 bits per heavy atom. The van der Waals surface area contributed by atoms with Crippen molar-refractivity contribution in [2.45, 2.75) is 152 Å². The standard InChI is InChI=1S/C20H30O6.C14H20O4/c21-19(23-11-13-5-7-15-17(9-13)25-15)3-1-2-4-20(22)24-12-14-6-8-16-18(10-14)26-16;15-14(9-2-4-11-13(6-9)18-11)16-7-8-1-3-10-12(5-8)17-10/h13-18H,1-12H2;8-13H,1-7H2. The second kappa shape index (κ2) is 13.9. The highest BCUT2D eigenvalue weighted by atomic mass is 16.6. The topological polar surface area (TPSA) is 129 Å². The molecule has 0 amide bonds. The summed E-state index contributed by atoms with van der Waals surface area (Å²) in [6, 6.07) is 0. The van der Waals surface area contributed by atoms with Crippen LogP contribution in [-0.4, -0.2) is 86.6 Å². The summed E-state index contributed by atoms with van der Waals surface area (Å²) < 4.78 is 38.2. The molecule has 8 fully saturated rings. The third-order valence-corrected chi connectivity index (χ3v) is 11.1. The molecular weight excluding hydrogens is 568 g/mol. The zero-order chi connectivity index (χ0) is 30.0. The monoisotopic (exact) mass is 618 g/mol. The van der Waals surface area contributed by atoms with Crippen molar-refractivity contribution in [1.29, 1.82) is 0 Å². The average molecular weight is 619 g/mol. The molecule has 4 saturated carbocycles. The van der Waals surface area contributed by atoms with Crippen LogP contribution in [0.5, 0.6) is 0 Å². The molecule has 0 aromatic rings. The quantitative estimate of drug-likeness (QED) is 0.134. The fourth-order valence-corrected chi connectivity index (χ4v) is 7.96. The van der Waals surface area contributed by atoms with Crippen LogP contribution in [0.1, 0.15) is 103 Å². The zero-order valence-corrected chi connectivity index (χ0v) is 25.9. The Morgan fingerprint density at radius 1 is 0.455 bits per heavy atom. The first-order chi connectivity index (χ1) is 21.5. The minimum absolute atomic E-state index is 0.00258. The maximum atomic E-state index is 12.0. The number of unbranched alkanes of at least 4 members (excludes halogenated alkanes) is 1.